The molecule has 0 spiro atoms. The summed E-state index contributed by atoms with van der Waals surface area (Å²) in [5.74, 6) is -0.859. The van der Waals surface area contributed by atoms with Crippen LogP contribution < -0.4 is 5.43 Å². The Bertz CT molecular complexity index is 604. The number of aliphatic hydroxyl groups is 2. The van der Waals surface area contributed by atoms with Crippen LogP contribution in [0.3, 0.4) is 0 Å². The van der Waals surface area contributed by atoms with Crippen molar-refractivity contribution in [3.63, 3.8) is 0 Å². The van der Waals surface area contributed by atoms with Crippen LogP contribution in [0.15, 0.2) is 39.0 Å². The van der Waals surface area contributed by atoms with Gasteiger partial charge in [0.05, 0.1) is 12.3 Å². The van der Waals surface area contributed by atoms with Crippen molar-refractivity contribution >= 4 is 39.0 Å². The highest BCUT2D eigenvalue weighted by Gasteiger charge is 2.43. The molecule has 2 rings (SSSR count). The first-order chi connectivity index (χ1) is 10.1. The number of hydrogen-bond acceptors (Lipinski definition) is 8. The quantitative estimate of drug-likeness (QED) is 0.349. The van der Waals surface area contributed by atoms with Gasteiger partial charge in [-0.25, -0.2) is 4.79 Å². The Morgan fingerprint density at radius 1 is 1.48 bits per heavy atom. The number of aliphatic hydroxyl groups excluding tert-OH is 2. The van der Waals surface area contributed by atoms with Gasteiger partial charge in [0, 0.05) is 4.47 Å². The third-order valence-corrected chi connectivity index (χ3v) is 3.20. The van der Waals surface area contributed by atoms with E-state index in [-0.39, 0.29) is 11.4 Å². The number of halogens is 1. The summed E-state index contributed by atoms with van der Waals surface area (Å²) in [7, 11) is 0. The molecule has 1 fully saturated rings. The van der Waals surface area contributed by atoms with E-state index in [0.717, 1.165) is 4.47 Å². The second-order valence-electron chi connectivity index (χ2n) is 4.14. The molecule has 0 aromatic heterocycles. The lowest BCUT2D eigenvalue weighted by Gasteiger charge is -2.13. The van der Waals surface area contributed by atoms with Crippen molar-refractivity contribution < 1.29 is 25.0 Å². The lowest BCUT2D eigenvalue weighted by atomic mass is 10.1. The molecule has 21 heavy (non-hydrogen) atoms. The molecule has 9 heteroatoms. The second-order valence-corrected chi connectivity index (χ2v) is 5.06. The Morgan fingerprint density at radius 3 is 2.86 bits per heavy atom. The van der Waals surface area contributed by atoms with Gasteiger partial charge in [-0.1, -0.05) is 27.2 Å². The van der Waals surface area contributed by atoms with Crippen LogP contribution in [-0.2, 0) is 9.53 Å². The maximum Gasteiger partial charge on any atom is 0.361 e. The minimum atomic E-state index is -1.39. The van der Waals surface area contributed by atoms with Gasteiger partial charge in [0.2, 0.25) is 0 Å². The molecular formula is C12H12BrN3O5. The van der Waals surface area contributed by atoms with Crippen molar-refractivity contribution in [2.45, 2.75) is 12.2 Å². The van der Waals surface area contributed by atoms with E-state index in [2.05, 4.69) is 31.6 Å². The van der Waals surface area contributed by atoms with Crippen LogP contribution in [0.25, 0.3) is 0 Å². The SMILES string of the molecule is O=C1OC(C(O)CO)C(=N\O)/C1=N\Nc1cccc(Br)c1. The molecule has 1 saturated heterocycles. The largest absolute Gasteiger partial charge is 0.448 e. The molecular weight excluding hydrogens is 346 g/mol. The molecule has 2 atom stereocenters. The monoisotopic (exact) mass is 357 g/mol. The van der Waals surface area contributed by atoms with Gasteiger partial charge in [0.1, 0.15) is 6.10 Å². The molecule has 1 aliphatic heterocycles. The summed E-state index contributed by atoms with van der Waals surface area (Å²) in [6.07, 6.45) is -2.64. The van der Waals surface area contributed by atoms with Crippen molar-refractivity contribution in [1.82, 2.24) is 0 Å². The van der Waals surface area contributed by atoms with E-state index in [1.807, 2.05) is 6.07 Å². The first-order valence-corrected chi connectivity index (χ1v) is 6.67. The zero-order valence-electron chi connectivity index (χ0n) is 10.6. The van der Waals surface area contributed by atoms with E-state index in [9.17, 15) is 9.90 Å². The fourth-order valence-corrected chi connectivity index (χ4v) is 2.11. The molecule has 0 aliphatic carbocycles. The van der Waals surface area contributed by atoms with Gasteiger partial charge < -0.3 is 20.2 Å². The van der Waals surface area contributed by atoms with Crippen molar-refractivity contribution in [3.05, 3.63) is 28.7 Å². The molecule has 1 aliphatic rings. The van der Waals surface area contributed by atoms with Crippen LogP contribution in [0.2, 0.25) is 0 Å². The summed E-state index contributed by atoms with van der Waals surface area (Å²) in [5, 5.41) is 34.1. The fourth-order valence-electron chi connectivity index (χ4n) is 1.71. The number of oxime groups is 1. The number of anilines is 1. The van der Waals surface area contributed by atoms with Crippen LogP contribution in [0.4, 0.5) is 5.69 Å². The number of carbonyl (C=O) groups is 1. The zero-order valence-corrected chi connectivity index (χ0v) is 12.2. The van der Waals surface area contributed by atoms with Crippen LogP contribution in [0.1, 0.15) is 0 Å². The van der Waals surface area contributed by atoms with Crippen LogP contribution in [-0.4, -0.2) is 51.6 Å². The van der Waals surface area contributed by atoms with Gasteiger partial charge in [-0.15, -0.1) is 0 Å². The number of nitrogens with one attached hydrogen (secondary N) is 1. The predicted molar refractivity (Wildman–Crippen MR) is 77.4 cm³/mol. The number of ether oxygens (including phenoxy) is 1. The van der Waals surface area contributed by atoms with E-state index in [1.165, 1.54) is 0 Å². The first kappa shape index (κ1) is 15.4. The van der Waals surface area contributed by atoms with E-state index in [4.69, 9.17) is 15.1 Å². The number of rotatable bonds is 4. The lowest BCUT2D eigenvalue weighted by molar-refractivity contribution is -0.140. The molecule has 0 saturated carbocycles. The molecule has 0 radical (unpaired) electrons. The molecule has 1 aromatic rings. The first-order valence-electron chi connectivity index (χ1n) is 5.88. The number of cyclic esters (lactones) is 1. The summed E-state index contributed by atoms with van der Waals surface area (Å²) in [6, 6.07) is 7.01. The molecule has 2 unspecified atom stereocenters. The topological polar surface area (TPSA) is 124 Å². The van der Waals surface area contributed by atoms with Gasteiger partial charge in [0.15, 0.2) is 17.5 Å². The van der Waals surface area contributed by atoms with Crippen LogP contribution in [0.5, 0.6) is 0 Å². The second kappa shape index (κ2) is 6.66. The Labute approximate surface area is 127 Å². The average molecular weight is 358 g/mol. The Balaban J connectivity index is 2.22. The van der Waals surface area contributed by atoms with E-state index >= 15 is 0 Å². The highest BCUT2D eigenvalue weighted by Crippen LogP contribution is 2.17. The molecule has 0 bridgehead atoms. The minimum absolute atomic E-state index is 0.246. The number of nitrogens with zero attached hydrogens (tertiary/aromatic N) is 2. The maximum absolute atomic E-state index is 11.7. The fraction of sp³-hybridized carbons (Fsp3) is 0.250. The highest BCUT2D eigenvalue weighted by atomic mass is 79.9. The van der Waals surface area contributed by atoms with Crippen molar-refractivity contribution in [2.75, 3.05) is 12.0 Å². The Kier molecular flexibility index (Phi) is 4.89. The van der Waals surface area contributed by atoms with Gasteiger partial charge in [-0.3, -0.25) is 5.43 Å². The minimum Gasteiger partial charge on any atom is -0.448 e. The molecule has 1 heterocycles. The Hall–Kier alpha value is -1.97. The third kappa shape index (κ3) is 3.38. The van der Waals surface area contributed by atoms with Crippen molar-refractivity contribution in [2.24, 2.45) is 10.3 Å². The molecule has 112 valence electrons. The van der Waals surface area contributed by atoms with Gasteiger partial charge in [0.25, 0.3) is 0 Å². The third-order valence-electron chi connectivity index (χ3n) is 2.71. The Morgan fingerprint density at radius 2 is 2.24 bits per heavy atom. The van der Waals surface area contributed by atoms with Crippen LogP contribution >= 0.6 is 15.9 Å². The summed E-state index contributed by atoms with van der Waals surface area (Å²) in [5.41, 5.74) is 2.70. The van der Waals surface area contributed by atoms with Crippen molar-refractivity contribution in [1.29, 1.82) is 0 Å². The van der Waals surface area contributed by atoms with E-state index in [1.54, 1.807) is 18.2 Å². The lowest BCUT2D eigenvalue weighted by Crippen LogP contribution is -2.36. The van der Waals surface area contributed by atoms with Gasteiger partial charge in [-0.05, 0) is 18.2 Å². The molecule has 1 aromatic carbocycles. The zero-order chi connectivity index (χ0) is 15.4. The predicted octanol–water partition coefficient (Wildman–Crippen LogP) is 0.326. The summed E-state index contributed by atoms with van der Waals surface area (Å²) in [4.78, 5) is 11.7. The summed E-state index contributed by atoms with van der Waals surface area (Å²) in [6.45, 7) is -0.649. The normalized spacial score (nSPS) is 23.4. The smallest absolute Gasteiger partial charge is 0.361 e. The molecule has 0 amide bonds. The van der Waals surface area contributed by atoms with Gasteiger partial charge >= 0.3 is 5.97 Å². The number of esters is 1. The number of carbonyl (C=O) groups excluding carboxylic acids is 1. The number of hydrogen-bond donors (Lipinski definition) is 4. The van der Waals surface area contributed by atoms with Crippen LogP contribution in [0, 0.1) is 0 Å². The van der Waals surface area contributed by atoms with E-state index < -0.39 is 24.8 Å². The average Bonchev–Trinajstić information content (AvgIpc) is 2.80. The highest BCUT2D eigenvalue weighted by molar-refractivity contribution is 9.10. The standard InChI is InChI=1S/C12H12BrN3O5/c13-6-2-1-3-7(4-6)14-15-10-9(16-20)11(8(18)5-17)21-12(10)19/h1-4,8,11,14,17-18,20H,5H2/b15-10+,16-9-. The number of hydrazone groups is 1. The maximum atomic E-state index is 11.7. The molecule has 8 nitrogen and oxygen atoms in total. The van der Waals surface area contributed by atoms with Crippen molar-refractivity contribution in [3.8, 4) is 0 Å². The van der Waals surface area contributed by atoms with E-state index in [0.29, 0.717) is 5.69 Å². The summed E-state index contributed by atoms with van der Waals surface area (Å²) < 4.78 is 5.63. The summed E-state index contributed by atoms with van der Waals surface area (Å²) >= 11 is 3.29. The number of benzene rings is 1. The molecule has 4 N–H and O–H groups in total. The van der Waals surface area contributed by atoms with Gasteiger partial charge in [-0.2, -0.15) is 5.10 Å².